The molecule has 0 radical (unpaired) electrons. The number of benzene rings is 1. The SMILES string of the molecule is CCC1(C)NC(=O)CCN(c2ccc(C)cc2Br)C1=O. The van der Waals surface area contributed by atoms with Crippen LogP contribution >= 0.6 is 15.9 Å². The van der Waals surface area contributed by atoms with Crippen molar-refractivity contribution in [3.8, 4) is 0 Å². The molecule has 1 aromatic carbocycles. The first kappa shape index (κ1) is 15.0. The predicted octanol–water partition coefficient (Wildman–Crippen LogP) is 2.78. The summed E-state index contributed by atoms with van der Waals surface area (Å²) in [7, 11) is 0. The third-order valence-corrected chi connectivity index (χ3v) is 4.43. The average Bonchev–Trinajstić information content (AvgIpc) is 2.50. The van der Waals surface area contributed by atoms with E-state index >= 15 is 0 Å². The van der Waals surface area contributed by atoms with Crippen LogP contribution in [0.2, 0.25) is 0 Å². The molecule has 1 heterocycles. The minimum absolute atomic E-state index is 0.0598. The van der Waals surface area contributed by atoms with E-state index in [1.807, 2.05) is 32.0 Å². The Labute approximate surface area is 127 Å². The molecule has 1 atom stereocenters. The van der Waals surface area contributed by atoms with Crippen molar-refractivity contribution in [3.63, 3.8) is 0 Å². The zero-order chi connectivity index (χ0) is 14.9. The molecule has 1 fully saturated rings. The van der Waals surface area contributed by atoms with Crippen LogP contribution in [0.25, 0.3) is 0 Å². The van der Waals surface area contributed by atoms with Gasteiger partial charge in [-0.25, -0.2) is 0 Å². The second-order valence-corrected chi connectivity index (χ2v) is 6.25. The number of amides is 2. The lowest BCUT2D eigenvalue weighted by molar-refractivity contribution is -0.129. The first-order valence-corrected chi connectivity index (χ1v) is 7.56. The van der Waals surface area contributed by atoms with Crippen molar-refractivity contribution in [2.75, 3.05) is 11.4 Å². The highest BCUT2D eigenvalue weighted by Crippen LogP contribution is 2.30. The molecule has 2 amide bonds. The highest BCUT2D eigenvalue weighted by molar-refractivity contribution is 9.10. The molecule has 108 valence electrons. The monoisotopic (exact) mass is 338 g/mol. The topological polar surface area (TPSA) is 49.4 Å². The van der Waals surface area contributed by atoms with Gasteiger partial charge < -0.3 is 10.2 Å². The number of nitrogens with zero attached hydrogens (tertiary/aromatic N) is 1. The van der Waals surface area contributed by atoms with E-state index in [1.54, 1.807) is 11.8 Å². The summed E-state index contributed by atoms with van der Waals surface area (Å²) in [6.07, 6.45) is 0.888. The van der Waals surface area contributed by atoms with Gasteiger partial charge in [-0.15, -0.1) is 0 Å². The zero-order valence-electron chi connectivity index (χ0n) is 12.0. The highest BCUT2D eigenvalue weighted by atomic mass is 79.9. The maximum atomic E-state index is 12.8. The Bertz CT molecular complexity index is 559. The fourth-order valence-corrected chi connectivity index (χ4v) is 3.04. The Kier molecular flexibility index (Phi) is 4.18. The standard InChI is InChI=1S/C15H19BrN2O2/c1-4-15(3)14(20)18(8-7-13(19)17-15)12-6-5-10(2)9-11(12)16/h5-6,9H,4,7-8H2,1-3H3,(H,17,19). The Morgan fingerprint density at radius 2 is 2.10 bits per heavy atom. The van der Waals surface area contributed by atoms with Crippen LogP contribution < -0.4 is 10.2 Å². The van der Waals surface area contributed by atoms with Gasteiger partial charge in [0.2, 0.25) is 5.91 Å². The molecule has 2 rings (SSSR count). The fraction of sp³-hybridized carbons (Fsp3) is 0.467. The van der Waals surface area contributed by atoms with Crippen LogP contribution in [-0.4, -0.2) is 23.9 Å². The van der Waals surface area contributed by atoms with Gasteiger partial charge in [0.1, 0.15) is 5.54 Å². The minimum atomic E-state index is -0.835. The first-order chi connectivity index (χ1) is 9.37. The van der Waals surface area contributed by atoms with E-state index < -0.39 is 5.54 Å². The van der Waals surface area contributed by atoms with Gasteiger partial charge in [-0.3, -0.25) is 9.59 Å². The number of rotatable bonds is 2. The second kappa shape index (κ2) is 5.56. The van der Waals surface area contributed by atoms with E-state index in [-0.39, 0.29) is 11.8 Å². The van der Waals surface area contributed by atoms with Gasteiger partial charge in [0.05, 0.1) is 5.69 Å². The van der Waals surface area contributed by atoms with Gasteiger partial charge >= 0.3 is 0 Å². The molecule has 0 saturated carbocycles. The van der Waals surface area contributed by atoms with E-state index in [1.165, 1.54) is 0 Å². The second-order valence-electron chi connectivity index (χ2n) is 5.40. The Hall–Kier alpha value is -1.36. The molecule has 1 N–H and O–H groups in total. The van der Waals surface area contributed by atoms with Crippen molar-refractivity contribution in [2.45, 2.75) is 39.2 Å². The minimum Gasteiger partial charge on any atom is -0.342 e. The summed E-state index contributed by atoms with van der Waals surface area (Å²) in [5, 5.41) is 2.84. The van der Waals surface area contributed by atoms with Crippen molar-refractivity contribution in [3.05, 3.63) is 28.2 Å². The number of hydrogen-bond donors (Lipinski definition) is 1. The molecule has 1 unspecified atom stereocenters. The van der Waals surface area contributed by atoms with Gasteiger partial charge in [-0.05, 0) is 53.9 Å². The van der Waals surface area contributed by atoms with Crippen LogP contribution in [0.3, 0.4) is 0 Å². The molecule has 20 heavy (non-hydrogen) atoms. The van der Waals surface area contributed by atoms with E-state index in [0.717, 1.165) is 15.7 Å². The number of hydrogen-bond acceptors (Lipinski definition) is 2. The van der Waals surface area contributed by atoms with Crippen molar-refractivity contribution >= 4 is 33.4 Å². The first-order valence-electron chi connectivity index (χ1n) is 6.76. The van der Waals surface area contributed by atoms with Crippen LogP contribution in [0.1, 0.15) is 32.3 Å². The van der Waals surface area contributed by atoms with Gasteiger partial charge in [0.15, 0.2) is 0 Å². The Balaban J connectivity index is 2.44. The van der Waals surface area contributed by atoms with Crippen molar-refractivity contribution in [2.24, 2.45) is 0 Å². The van der Waals surface area contributed by atoms with Crippen LogP contribution in [0.15, 0.2) is 22.7 Å². The third-order valence-electron chi connectivity index (χ3n) is 3.80. The smallest absolute Gasteiger partial charge is 0.252 e. The number of carbonyl (C=O) groups excluding carboxylic acids is 2. The summed E-state index contributed by atoms with van der Waals surface area (Å²) in [6, 6.07) is 5.87. The van der Waals surface area contributed by atoms with Gasteiger partial charge in [-0.2, -0.15) is 0 Å². The van der Waals surface area contributed by atoms with Crippen LogP contribution in [0.5, 0.6) is 0 Å². The molecular weight excluding hydrogens is 320 g/mol. The molecule has 1 aliphatic rings. The summed E-state index contributed by atoms with van der Waals surface area (Å²) in [5.74, 6) is -0.135. The molecule has 0 aromatic heterocycles. The summed E-state index contributed by atoms with van der Waals surface area (Å²) < 4.78 is 0.874. The zero-order valence-corrected chi connectivity index (χ0v) is 13.6. The molecule has 1 saturated heterocycles. The Morgan fingerprint density at radius 1 is 1.40 bits per heavy atom. The van der Waals surface area contributed by atoms with Crippen LogP contribution in [0.4, 0.5) is 5.69 Å². The van der Waals surface area contributed by atoms with Crippen LogP contribution in [-0.2, 0) is 9.59 Å². The lowest BCUT2D eigenvalue weighted by Gasteiger charge is -2.31. The molecule has 1 aliphatic heterocycles. The number of halogens is 1. The highest BCUT2D eigenvalue weighted by Gasteiger charge is 2.40. The Morgan fingerprint density at radius 3 is 2.70 bits per heavy atom. The quantitative estimate of drug-likeness (QED) is 0.901. The normalized spacial score (nSPS) is 23.5. The predicted molar refractivity (Wildman–Crippen MR) is 82.7 cm³/mol. The fourth-order valence-electron chi connectivity index (χ4n) is 2.34. The van der Waals surface area contributed by atoms with E-state index in [2.05, 4.69) is 21.2 Å². The van der Waals surface area contributed by atoms with E-state index in [9.17, 15) is 9.59 Å². The average molecular weight is 339 g/mol. The molecule has 5 heteroatoms. The molecule has 1 aromatic rings. The largest absolute Gasteiger partial charge is 0.342 e. The summed E-state index contributed by atoms with van der Waals surface area (Å²) in [5.41, 5.74) is 1.10. The number of anilines is 1. The molecular formula is C15H19BrN2O2. The molecule has 0 bridgehead atoms. The van der Waals surface area contributed by atoms with Crippen molar-refractivity contribution in [1.29, 1.82) is 0 Å². The summed E-state index contributed by atoms with van der Waals surface area (Å²) in [6.45, 7) is 6.10. The molecule has 0 spiro atoms. The van der Waals surface area contributed by atoms with Crippen LogP contribution in [0, 0.1) is 6.92 Å². The van der Waals surface area contributed by atoms with Crippen molar-refractivity contribution < 1.29 is 9.59 Å². The summed E-state index contributed by atoms with van der Waals surface area (Å²) >= 11 is 3.51. The number of carbonyl (C=O) groups is 2. The van der Waals surface area contributed by atoms with E-state index in [4.69, 9.17) is 0 Å². The number of nitrogens with one attached hydrogen (secondary N) is 1. The van der Waals surface area contributed by atoms with Gasteiger partial charge in [0.25, 0.3) is 5.91 Å². The van der Waals surface area contributed by atoms with E-state index in [0.29, 0.717) is 19.4 Å². The molecule has 4 nitrogen and oxygen atoms in total. The maximum absolute atomic E-state index is 12.8. The van der Waals surface area contributed by atoms with Gasteiger partial charge in [0, 0.05) is 17.4 Å². The van der Waals surface area contributed by atoms with Crippen molar-refractivity contribution in [1.82, 2.24) is 5.32 Å². The summed E-state index contributed by atoms with van der Waals surface area (Å²) in [4.78, 5) is 26.3. The number of aryl methyl sites for hydroxylation is 1. The van der Waals surface area contributed by atoms with Gasteiger partial charge in [-0.1, -0.05) is 13.0 Å². The lowest BCUT2D eigenvalue weighted by atomic mass is 9.97. The lowest BCUT2D eigenvalue weighted by Crippen LogP contribution is -2.54. The molecule has 0 aliphatic carbocycles. The third kappa shape index (κ3) is 2.73. The maximum Gasteiger partial charge on any atom is 0.252 e.